The summed E-state index contributed by atoms with van der Waals surface area (Å²) >= 11 is 0. The number of hydrogen-bond acceptors (Lipinski definition) is 5. The molecule has 6 heteroatoms. The molecule has 12 aromatic rings. The minimum Gasteiger partial charge on any atom is -0.456 e. The molecule has 0 N–H and O–H groups in total. The van der Waals surface area contributed by atoms with Crippen LogP contribution in [0.5, 0.6) is 0 Å². The van der Waals surface area contributed by atoms with Crippen LogP contribution in [-0.2, 0) is 0 Å². The van der Waals surface area contributed by atoms with Crippen LogP contribution >= 0.6 is 0 Å². The van der Waals surface area contributed by atoms with Gasteiger partial charge in [0.15, 0.2) is 17.5 Å². The maximum Gasteiger partial charge on any atom is 0.167 e. The van der Waals surface area contributed by atoms with Gasteiger partial charge in [0.1, 0.15) is 22.3 Å². The Labute approximate surface area is 341 Å². The Morgan fingerprint density at radius 2 is 1.12 bits per heavy atom. The van der Waals surface area contributed by atoms with Gasteiger partial charge in [-0.05, 0) is 59.5 Å². The quantitative estimate of drug-likeness (QED) is 0.176. The van der Waals surface area contributed by atoms with E-state index < -0.39 is 54.4 Å². The lowest BCUT2D eigenvalue weighted by atomic mass is 9.99. The van der Waals surface area contributed by atoms with Crippen LogP contribution in [0.15, 0.2) is 191 Å². The van der Waals surface area contributed by atoms with Crippen LogP contribution in [0, 0.1) is 0 Å². The van der Waals surface area contributed by atoms with Crippen molar-refractivity contribution in [1.82, 2.24) is 19.5 Å². The Kier molecular flexibility index (Phi) is 4.88. The molecular weight excluding hydrogens is 701 g/mol. The van der Waals surface area contributed by atoms with Crippen molar-refractivity contribution in [3.05, 3.63) is 182 Å². The Morgan fingerprint density at radius 3 is 2.00 bits per heavy atom. The van der Waals surface area contributed by atoms with E-state index in [-0.39, 0.29) is 84.6 Å². The molecule has 6 nitrogen and oxygen atoms in total. The Balaban J connectivity index is 1.19. The van der Waals surface area contributed by atoms with Gasteiger partial charge in [-0.3, -0.25) is 0 Å². The number of furan rings is 2. The first-order chi connectivity index (χ1) is 32.8. The second-order valence-electron chi connectivity index (χ2n) is 13.5. The van der Waals surface area contributed by atoms with Crippen molar-refractivity contribution in [2.75, 3.05) is 0 Å². The highest BCUT2D eigenvalue weighted by atomic mass is 16.3. The molecule has 0 saturated heterocycles. The topological polar surface area (TPSA) is 69.9 Å². The Hall–Kier alpha value is -7.83. The molecule has 57 heavy (non-hydrogen) atoms. The summed E-state index contributed by atoms with van der Waals surface area (Å²) in [6, 6.07) is 29.9. The number of aromatic nitrogens is 4. The monoisotopic (exact) mass is 741 g/mol. The van der Waals surface area contributed by atoms with Gasteiger partial charge in [-0.1, -0.05) is 133 Å². The average Bonchev–Trinajstić information content (AvgIpc) is 4.06. The molecule has 0 atom stereocenters. The molecule has 0 aliphatic heterocycles. The van der Waals surface area contributed by atoms with Crippen molar-refractivity contribution in [3.8, 4) is 51.0 Å². The first-order valence-electron chi connectivity index (χ1n) is 23.6. The van der Waals surface area contributed by atoms with Crippen LogP contribution in [0.4, 0.5) is 0 Å². The van der Waals surface area contributed by atoms with E-state index in [1.54, 1.807) is 12.1 Å². The van der Waals surface area contributed by atoms with Crippen LogP contribution in [0.25, 0.3) is 117 Å². The van der Waals surface area contributed by atoms with E-state index in [0.717, 1.165) is 21.9 Å². The lowest BCUT2D eigenvalue weighted by Gasteiger charge is -2.10. The molecular formula is C51H30N4O2. The normalized spacial score (nSPS) is 14.6. The van der Waals surface area contributed by atoms with Crippen LogP contribution in [0.3, 0.4) is 0 Å². The standard InChI is InChI=1S/C51H30N4O2/c1-3-14-31(15-4-1)34-20-12-27-45-46(34)37-21-11-23-39(48(37)57-45)51-53-49(32-16-5-2-6-17-32)52-50(54-51)38-22-13-26-44-47(38)40-30-33(28-29-43(40)56-44)55-41-24-9-7-18-35(41)36-19-8-10-25-42(36)55/h1-30H/i7D,9D,13D,18D,22D,24D,25D,26D,28D,29D,30D. The first-order valence-corrected chi connectivity index (χ1v) is 18.1. The number of nitrogens with zero attached hydrogens (tertiary/aromatic N) is 4. The van der Waals surface area contributed by atoms with Gasteiger partial charge < -0.3 is 13.4 Å². The van der Waals surface area contributed by atoms with Crippen molar-refractivity contribution in [3.63, 3.8) is 0 Å². The van der Waals surface area contributed by atoms with E-state index in [9.17, 15) is 5.48 Å². The molecule has 0 spiro atoms. The minimum absolute atomic E-state index is 0.0610. The predicted octanol–water partition coefficient (Wildman–Crippen LogP) is 13.4. The van der Waals surface area contributed by atoms with Gasteiger partial charge in [-0.2, -0.15) is 0 Å². The third-order valence-electron chi connectivity index (χ3n) is 10.2. The summed E-state index contributed by atoms with van der Waals surface area (Å²) < 4.78 is 114. The Morgan fingerprint density at radius 1 is 0.421 bits per heavy atom. The van der Waals surface area contributed by atoms with Crippen molar-refractivity contribution in [2.24, 2.45) is 0 Å². The van der Waals surface area contributed by atoms with Crippen LogP contribution in [0.2, 0.25) is 0 Å². The van der Waals surface area contributed by atoms with E-state index in [2.05, 4.69) is 0 Å². The highest BCUT2D eigenvalue weighted by Gasteiger charge is 2.22. The third-order valence-corrected chi connectivity index (χ3v) is 10.2. The van der Waals surface area contributed by atoms with Gasteiger partial charge in [0, 0.05) is 49.1 Å². The zero-order valence-corrected chi connectivity index (χ0v) is 29.6. The van der Waals surface area contributed by atoms with E-state index in [4.69, 9.17) is 33.4 Å². The summed E-state index contributed by atoms with van der Waals surface area (Å²) in [6.45, 7) is 0. The number of fused-ring (bicyclic) bond motifs is 9. The highest BCUT2D eigenvalue weighted by molar-refractivity contribution is 6.16. The molecule has 0 radical (unpaired) electrons. The second kappa shape index (κ2) is 12.3. The molecule has 266 valence electrons. The zero-order chi connectivity index (χ0) is 47.0. The smallest absolute Gasteiger partial charge is 0.167 e. The number of para-hydroxylation sites is 3. The molecule has 0 saturated carbocycles. The third kappa shape index (κ3) is 4.87. The summed E-state index contributed by atoms with van der Waals surface area (Å²) in [5.74, 6) is 0.208. The SMILES string of the molecule is [2H]c1c(-n2c3c([2H])cccc3c3c([2H])c([2H])c([2H])c([2H])c32)c([2H])c2c(oc3c([2H])c([2H])c([2H])c(-c4nc(-c5ccccc5)nc(-c5cccc6c5oc5cccc(-c7ccccc7)c56)n4)c32)c1[2H]. The summed E-state index contributed by atoms with van der Waals surface area (Å²) in [6.07, 6.45) is 0. The first kappa shape index (κ1) is 22.5. The molecule has 4 aromatic heterocycles. The van der Waals surface area contributed by atoms with Crippen LogP contribution in [-0.4, -0.2) is 19.5 Å². The van der Waals surface area contributed by atoms with Crippen LogP contribution in [0.1, 0.15) is 15.1 Å². The van der Waals surface area contributed by atoms with Crippen molar-refractivity contribution in [1.29, 1.82) is 0 Å². The Bertz CT molecular complexity index is 4170. The molecule has 0 fully saturated rings. The van der Waals surface area contributed by atoms with E-state index in [1.807, 2.05) is 97.1 Å². The fourth-order valence-electron chi connectivity index (χ4n) is 7.75. The maximum atomic E-state index is 9.95. The van der Waals surface area contributed by atoms with Crippen molar-refractivity contribution < 1.29 is 23.9 Å². The van der Waals surface area contributed by atoms with E-state index in [0.29, 0.717) is 22.3 Å². The molecule has 4 heterocycles. The van der Waals surface area contributed by atoms with E-state index in [1.165, 1.54) is 10.6 Å². The summed E-state index contributed by atoms with van der Waals surface area (Å²) in [7, 11) is 0. The molecule has 8 aromatic carbocycles. The van der Waals surface area contributed by atoms with Gasteiger partial charge >= 0.3 is 0 Å². The fourth-order valence-corrected chi connectivity index (χ4v) is 7.75. The van der Waals surface area contributed by atoms with Crippen molar-refractivity contribution >= 4 is 65.7 Å². The minimum atomic E-state index is -0.574. The fraction of sp³-hybridized carbons (Fsp3) is 0. The maximum absolute atomic E-state index is 9.95. The molecule has 0 amide bonds. The van der Waals surface area contributed by atoms with Gasteiger partial charge in [-0.25, -0.2) is 15.0 Å². The van der Waals surface area contributed by atoms with Gasteiger partial charge in [-0.15, -0.1) is 0 Å². The largest absolute Gasteiger partial charge is 0.456 e. The molecule has 0 unspecified atom stereocenters. The van der Waals surface area contributed by atoms with E-state index >= 15 is 0 Å². The van der Waals surface area contributed by atoms with Crippen LogP contribution < -0.4 is 0 Å². The predicted molar refractivity (Wildman–Crippen MR) is 230 cm³/mol. The second-order valence-corrected chi connectivity index (χ2v) is 13.5. The van der Waals surface area contributed by atoms with Crippen molar-refractivity contribution in [2.45, 2.75) is 0 Å². The van der Waals surface area contributed by atoms with Gasteiger partial charge in [0.25, 0.3) is 0 Å². The lowest BCUT2D eigenvalue weighted by Crippen LogP contribution is -2.00. The molecule has 0 bridgehead atoms. The molecule has 12 rings (SSSR count). The number of rotatable bonds is 5. The zero-order valence-electron chi connectivity index (χ0n) is 40.6. The van der Waals surface area contributed by atoms with Gasteiger partial charge in [0.2, 0.25) is 0 Å². The summed E-state index contributed by atoms with van der Waals surface area (Å²) in [4.78, 5) is 14.9. The van der Waals surface area contributed by atoms with Gasteiger partial charge in [0.05, 0.1) is 31.7 Å². The highest BCUT2D eigenvalue weighted by Crippen LogP contribution is 2.42. The average molecular weight is 742 g/mol. The summed E-state index contributed by atoms with van der Waals surface area (Å²) in [5, 5.41) is 1.81. The number of benzene rings is 8. The lowest BCUT2D eigenvalue weighted by molar-refractivity contribution is 0.668. The molecule has 0 aliphatic rings. The number of hydrogen-bond donors (Lipinski definition) is 0. The summed E-state index contributed by atoms with van der Waals surface area (Å²) in [5.41, 5.74) is 3.11. The molecule has 0 aliphatic carbocycles.